The molecule has 0 spiro atoms. The molecule has 1 saturated heterocycles. The Kier molecular flexibility index (Phi) is 21.6. The van der Waals surface area contributed by atoms with Crippen molar-refractivity contribution in [3.63, 3.8) is 0 Å². The molecule has 0 aliphatic carbocycles. The summed E-state index contributed by atoms with van der Waals surface area (Å²) >= 11 is 0. The molecule has 1 heterocycles. The molecule has 8 heteroatoms. The van der Waals surface area contributed by atoms with Gasteiger partial charge < -0.3 is 15.1 Å². The molecule has 1 amide bonds. The number of nitrogens with one attached hydrogen (secondary N) is 1. The molecule has 0 bridgehead atoms. The van der Waals surface area contributed by atoms with E-state index >= 15 is 0 Å². The van der Waals surface area contributed by atoms with Gasteiger partial charge in [0.05, 0.1) is 0 Å². The minimum Gasteiger partial charge on any atom is -0.360 e. The number of hydrogen-bond donors (Lipinski definition) is 2. The van der Waals surface area contributed by atoms with Gasteiger partial charge in [0.2, 0.25) is 5.91 Å². The molecule has 0 saturated carbocycles. The molecule has 0 aromatic rings. The third kappa shape index (κ3) is 19.5. The van der Waals surface area contributed by atoms with Crippen LogP contribution in [0.1, 0.15) is 149 Å². The zero-order valence-electron chi connectivity index (χ0n) is 25.0. The van der Waals surface area contributed by atoms with Crippen LogP contribution in [-0.2, 0) is 19.2 Å². The fourth-order valence-electron chi connectivity index (χ4n) is 5.33. The van der Waals surface area contributed by atoms with Gasteiger partial charge in [-0.25, -0.2) is 0 Å². The predicted molar refractivity (Wildman–Crippen MR) is 161 cm³/mol. The second-order valence-electron chi connectivity index (χ2n) is 11.4. The summed E-state index contributed by atoms with van der Waals surface area (Å²) in [5, 5.41) is 2.67. The van der Waals surface area contributed by atoms with Gasteiger partial charge in [-0.2, -0.15) is 0 Å². The monoisotopic (exact) mass is 568 g/mol. The van der Waals surface area contributed by atoms with Crippen molar-refractivity contribution < 1.29 is 24.1 Å². The number of amides is 1. The van der Waals surface area contributed by atoms with Crippen molar-refractivity contribution in [2.24, 2.45) is 0 Å². The summed E-state index contributed by atoms with van der Waals surface area (Å²) in [4.78, 5) is 61.4. The summed E-state index contributed by atoms with van der Waals surface area (Å²) in [5.74, 6) is -0.311. The van der Waals surface area contributed by atoms with E-state index in [0.717, 1.165) is 45.2 Å². The van der Waals surface area contributed by atoms with Gasteiger partial charge in [-0.05, 0) is 32.4 Å². The average molecular weight is 569 g/mol. The van der Waals surface area contributed by atoms with E-state index in [-0.39, 0.29) is 31.0 Å². The summed E-state index contributed by atoms with van der Waals surface area (Å²) in [5.41, 5.74) is -0.984. The first-order chi connectivity index (χ1) is 18.8. The molecule has 2 unspecified atom stereocenters. The smallest absolute Gasteiger partial charge is 0.217 e. The number of rotatable bonds is 26. The quantitative estimate of drug-likeness (QED) is 0.0858. The first kappa shape index (κ1) is 35.9. The zero-order valence-corrected chi connectivity index (χ0v) is 25.9. The highest BCUT2D eigenvalue weighted by Gasteiger charge is 2.28. The molecule has 0 aromatic carbocycles. The Bertz CT molecular complexity index is 696. The molecule has 1 rings (SSSR count). The minimum absolute atomic E-state index is 0.0128. The SMILES string of the molecule is CCCCCCCCCCCCCCCCCC(=O)CC(CC(=O)P(O)C(=O)CCN1CCCC1)NC(C)=O. The van der Waals surface area contributed by atoms with Crippen LogP contribution in [0.15, 0.2) is 0 Å². The Morgan fingerprint density at radius 3 is 1.69 bits per heavy atom. The van der Waals surface area contributed by atoms with E-state index < -0.39 is 25.2 Å². The first-order valence-corrected chi connectivity index (χ1v) is 17.2. The van der Waals surface area contributed by atoms with Crippen LogP contribution in [0.2, 0.25) is 0 Å². The molecule has 2 atom stereocenters. The number of carbonyl (C=O) groups is 4. The standard InChI is InChI=1S/C31H57N2O5P/c1-3-4-5-6-7-8-9-10-11-12-13-14-15-16-17-20-29(35)25-28(32-27(2)34)26-31(37)39(38)30(36)21-24-33-22-18-19-23-33/h28,38H,3-26H2,1-2H3,(H,32,34). The second-order valence-corrected chi connectivity index (χ2v) is 13.1. The number of unbranched alkanes of at least 4 members (excludes halogenated alkanes) is 14. The number of ketones is 1. The van der Waals surface area contributed by atoms with Crippen molar-refractivity contribution in [1.82, 2.24) is 10.2 Å². The molecule has 1 fully saturated rings. The van der Waals surface area contributed by atoms with Gasteiger partial charge in [0, 0.05) is 45.2 Å². The van der Waals surface area contributed by atoms with Crippen molar-refractivity contribution in [2.75, 3.05) is 19.6 Å². The van der Waals surface area contributed by atoms with Crippen LogP contribution in [0, 0.1) is 0 Å². The molecular weight excluding hydrogens is 511 g/mol. The van der Waals surface area contributed by atoms with E-state index in [0.29, 0.717) is 13.0 Å². The summed E-state index contributed by atoms with van der Waals surface area (Å²) in [6, 6.07) is -0.664. The van der Waals surface area contributed by atoms with Gasteiger partial charge in [0.1, 0.15) is 5.78 Å². The Labute approximate surface area is 239 Å². The second kappa shape index (κ2) is 23.5. The molecule has 1 aliphatic rings. The lowest BCUT2D eigenvalue weighted by molar-refractivity contribution is -0.122. The van der Waals surface area contributed by atoms with Crippen LogP contribution >= 0.6 is 8.15 Å². The maximum absolute atomic E-state index is 12.5. The summed E-state index contributed by atoms with van der Waals surface area (Å²) in [6.45, 7) is 6.08. The highest BCUT2D eigenvalue weighted by molar-refractivity contribution is 7.84. The summed E-state index contributed by atoms with van der Waals surface area (Å²) in [6.07, 6.45) is 21.8. The molecule has 0 radical (unpaired) electrons. The predicted octanol–water partition coefficient (Wildman–Crippen LogP) is 7.03. The lowest BCUT2D eigenvalue weighted by atomic mass is 10.0. The lowest BCUT2D eigenvalue weighted by Crippen LogP contribution is -2.36. The Balaban J connectivity index is 2.13. The van der Waals surface area contributed by atoms with Gasteiger partial charge in [0.25, 0.3) is 0 Å². The summed E-state index contributed by atoms with van der Waals surface area (Å²) < 4.78 is 0. The molecule has 0 aromatic heterocycles. The van der Waals surface area contributed by atoms with Crippen LogP contribution in [0.5, 0.6) is 0 Å². The van der Waals surface area contributed by atoms with Gasteiger partial charge >= 0.3 is 0 Å². The topological polar surface area (TPSA) is 104 Å². The molecule has 1 aliphatic heterocycles. The fraction of sp³-hybridized carbons (Fsp3) is 0.871. The highest BCUT2D eigenvalue weighted by atomic mass is 31.1. The van der Waals surface area contributed by atoms with E-state index in [2.05, 4.69) is 17.1 Å². The average Bonchev–Trinajstić information content (AvgIpc) is 3.42. The summed E-state index contributed by atoms with van der Waals surface area (Å²) in [7, 11) is -2.40. The molecule has 7 nitrogen and oxygen atoms in total. The maximum atomic E-state index is 12.5. The maximum Gasteiger partial charge on any atom is 0.217 e. The van der Waals surface area contributed by atoms with Gasteiger partial charge in [-0.15, -0.1) is 0 Å². The first-order valence-electron chi connectivity index (χ1n) is 15.9. The number of carbonyl (C=O) groups excluding carboxylic acids is 4. The number of likely N-dealkylation sites (tertiary alicyclic amines) is 1. The van der Waals surface area contributed by atoms with Crippen molar-refractivity contribution in [3.05, 3.63) is 0 Å². The van der Waals surface area contributed by atoms with Crippen LogP contribution in [0.25, 0.3) is 0 Å². The molecule has 2 N–H and O–H groups in total. The van der Waals surface area contributed by atoms with Crippen molar-refractivity contribution in [3.8, 4) is 0 Å². The Morgan fingerprint density at radius 2 is 1.21 bits per heavy atom. The van der Waals surface area contributed by atoms with Crippen LogP contribution in [0.4, 0.5) is 0 Å². The largest absolute Gasteiger partial charge is 0.360 e. The number of nitrogens with zero attached hydrogens (tertiary/aromatic N) is 1. The van der Waals surface area contributed by atoms with Crippen molar-refractivity contribution in [1.29, 1.82) is 0 Å². The number of hydrogen-bond acceptors (Lipinski definition) is 6. The van der Waals surface area contributed by atoms with E-state index in [1.54, 1.807) is 0 Å². The van der Waals surface area contributed by atoms with Crippen LogP contribution in [-0.4, -0.2) is 58.2 Å². The van der Waals surface area contributed by atoms with Gasteiger partial charge in [0.15, 0.2) is 19.2 Å². The van der Waals surface area contributed by atoms with Gasteiger partial charge in [-0.1, -0.05) is 96.8 Å². The van der Waals surface area contributed by atoms with E-state index in [1.165, 1.54) is 84.0 Å². The van der Waals surface area contributed by atoms with Gasteiger partial charge in [-0.3, -0.25) is 19.2 Å². The Morgan fingerprint density at radius 1 is 0.718 bits per heavy atom. The number of Topliss-reactive ketones (excluding diaryl/α,β-unsaturated/α-hetero) is 1. The fourth-order valence-corrected chi connectivity index (χ4v) is 6.32. The molecule has 226 valence electrons. The zero-order chi connectivity index (χ0) is 28.7. The van der Waals surface area contributed by atoms with E-state index in [4.69, 9.17) is 0 Å². The minimum atomic E-state index is -2.40. The molecule has 39 heavy (non-hydrogen) atoms. The Hall–Kier alpha value is -1.17. The third-order valence-electron chi connectivity index (χ3n) is 7.67. The normalized spacial score (nSPS) is 15.3. The lowest BCUT2D eigenvalue weighted by Gasteiger charge is -2.18. The van der Waals surface area contributed by atoms with E-state index in [9.17, 15) is 24.1 Å². The highest BCUT2D eigenvalue weighted by Crippen LogP contribution is 2.36. The van der Waals surface area contributed by atoms with Crippen molar-refractivity contribution in [2.45, 2.75) is 155 Å². The van der Waals surface area contributed by atoms with Crippen molar-refractivity contribution >= 4 is 30.9 Å². The third-order valence-corrected chi connectivity index (χ3v) is 9.03. The molecular formula is C31H57N2O5P. The van der Waals surface area contributed by atoms with Crippen LogP contribution < -0.4 is 5.32 Å². The van der Waals surface area contributed by atoms with E-state index in [1.807, 2.05) is 0 Å². The van der Waals surface area contributed by atoms with Crippen LogP contribution in [0.3, 0.4) is 0 Å².